The number of hydrogen-bond donors (Lipinski definition) is 0. The maximum atomic E-state index is 13.8. The quantitative estimate of drug-likeness (QED) is 0.853. The minimum Gasteiger partial charge on any atom is -0.493 e. The zero-order valence-electron chi connectivity index (χ0n) is 14.4. The Labute approximate surface area is 145 Å². The topological polar surface area (TPSA) is 48.0 Å². The second-order valence-corrected chi connectivity index (χ2v) is 5.78. The molecule has 0 N–H and O–H groups in total. The van der Waals surface area contributed by atoms with Gasteiger partial charge in [0.05, 0.1) is 27.4 Å². The summed E-state index contributed by atoms with van der Waals surface area (Å²) in [4.78, 5) is 13.9. The molecule has 2 aromatic carbocycles. The molecular weight excluding hydrogens is 325 g/mol. The van der Waals surface area contributed by atoms with E-state index in [2.05, 4.69) is 0 Å². The van der Waals surface area contributed by atoms with Crippen LogP contribution in [0.3, 0.4) is 0 Å². The first kappa shape index (κ1) is 17.1. The highest BCUT2D eigenvalue weighted by atomic mass is 19.1. The van der Waals surface area contributed by atoms with Crippen molar-refractivity contribution in [3.8, 4) is 11.5 Å². The highest BCUT2D eigenvalue weighted by molar-refractivity contribution is 5.70. The largest absolute Gasteiger partial charge is 0.493 e. The van der Waals surface area contributed by atoms with Gasteiger partial charge in [0.15, 0.2) is 11.5 Å². The second-order valence-electron chi connectivity index (χ2n) is 5.78. The molecule has 1 aliphatic heterocycles. The van der Waals surface area contributed by atoms with Gasteiger partial charge in [0.25, 0.3) is 0 Å². The van der Waals surface area contributed by atoms with Crippen molar-refractivity contribution >= 4 is 6.09 Å². The average Bonchev–Trinajstić information content (AvgIpc) is 2.65. The Morgan fingerprint density at radius 2 is 1.84 bits per heavy atom. The van der Waals surface area contributed by atoms with E-state index in [1.54, 1.807) is 31.3 Å². The van der Waals surface area contributed by atoms with Crippen LogP contribution < -0.4 is 9.47 Å². The third kappa shape index (κ3) is 3.12. The molecule has 0 aromatic heterocycles. The minimum atomic E-state index is -0.452. The Morgan fingerprint density at radius 1 is 1.12 bits per heavy atom. The van der Waals surface area contributed by atoms with Crippen molar-refractivity contribution < 1.29 is 23.4 Å². The third-order valence-electron chi connectivity index (χ3n) is 4.45. The molecule has 1 heterocycles. The molecule has 25 heavy (non-hydrogen) atoms. The van der Waals surface area contributed by atoms with E-state index in [4.69, 9.17) is 14.2 Å². The molecule has 0 bridgehead atoms. The van der Waals surface area contributed by atoms with E-state index in [0.717, 1.165) is 11.1 Å². The lowest BCUT2D eigenvalue weighted by molar-refractivity contribution is 0.109. The molecule has 1 atom stereocenters. The maximum absolute atomic E-state index is 13.8. The first-order valence-corrected chi connectivity index (χ1v) is 7.94. The van der Waals surface area contributed by atoms with Crippen molar-refractivity contribution in [2.75, 3.05) is 27.9 Å². The summed E-state index contributed by atoms with van der Waals surface area (Å²) in [5.74, 6) is 0.843. The van der Waals surface area contributed by atoms with Crippen molar-refractivity contribution in [2.45, 2.75) is 12.5 Å². The van der Waals surface area contributed by atoms with E-state index < -0.39 is 12.1 Å². The number of benzene rings is 2. The van der Waals surface area contributed by atoms with Gasteiger partial charge in [0.2, 0.25) is 0 Å². The van der Waals surface area contributed by atoms with Gasteiger partial charge in [-0.3, -0.25) is 4.90 Å². The summed E-state index contributed by atoms with van der Waals surface area (Å²) in [6, 6.07) is 9.56. The van der Waals surface area contributed by atoms with Crippen LogP contribution >= 0.6 is 0 Å². The molecule has 0 fully saturated rings. The molecule has 1 unspecified atom stereocenters. The number of methoxy groups -OCH3 is 3. The fourth-order valence-electron chi connectivity index (χ4n) is 3.30. The van der Waals surface area contributed by atoms with E-state index >= 15 is 0 Å². The Kier molecular flexibility index (Phi) is 4.79. The lowest BCUT2D eigenvalue weighted by atomic mass is 9.88. The summed E-state index contributed by atoms with van der Waals surface area (Å²) in [5, 5.41) is 0. The van der Waals surface area contributed by atoms with Gasteiger partial charge in [-0.1, -0.05) is 12.1 Å². The molecule has 1 aliphatic rings. The molecule has 0 aliphatic carbocycles. The first-order chi connectivity index (χ1) is 12.1. The Bertz CT molecular complexity index is 793. The first-order valence-electron chi connectivity index (χ1n) is 7.94. The molecule has 0 spiro atoms. The summed E-state index contributed by atoms with van der Waals surface area (Å²) in [5.41, 5.74) is 2.59. The Balaban J connectivity index is 2.18. The monoisotopic (exact) mass is 345 g/mol. The van der Waals surface area contributed by atoms with Gasteiger partial charge in [-0.05, 0) is 47.4 Å². The number of carbonyl (C=O) groups excluding carboxylic acids is 1. The molecule has 0 saturated heterocycles. The number of amides is 1. The number of rotatable bonds is 3. The van der Waals surface area contributed by atoms with Crippen LogP contribution in [0.4, 0.5) is 9.18 Å². The summed E-state index contributed by atoms with van der Waals surface area (Å²) < 4.78 is 29.5. The molecule has 132 valence electrons. The van der Waals surface area contributed by atoms with Crippen LogP contribution in [0, 0.1) is 5.82 Å². The van der Waals surface area contributed by atoms with Crippen molar-refractivity contribution in [1.29, 1.82) is 0 Å². The molecule has 2 aromatic rings. The zero-order valence-corrected chi connectivity index (χ0v) is 14.4. The average molecular weight is 345 g/mol. The third-order valence-corrected chi connectivity index (χ3v) is 4.45. The molecule has 0 saturated carbocycles. The van der Waals surface area contributed by atoms with Gasteiger partial charge >= 0.3 is 6.09 Å². The van der Waals surface area contributed by atoms with Gasteiger partial charge in [-0.2, -0.15) is 0 Å². The number of halogens is 1. The standard InChI is InChI=1S/C19H20FNO4/c1-23-16-10-12-7-8-21(19(22)25-3)18(15(12)11-17(16)24-2)13-5-4-6-14(20)9-13/h4-6,9-11,18H,7-8H2,1-3H3. The number of fused-ring (bicyclic) bond motifs is 1. The molecule has 6 heteroatoms. The van der Waals surface area contributed by atoms with Crippen molar-refractivity contribution in [3.63, 3.8) is 0 Å². The highest BCUT2D eigenvalue weighted by Crippen LogP contribution is 2.41. The van der Waals surface area contributed by atoms with E-state index in [9.17, 15) is 9.18 Å². The van der Waals surface area contributed by atoms with Crippen LogP contribution in [0.25, 0.3) is 0 Å². The van der Waals surface area contributed by atoms with Crippen LogP contribution in [0.2, 0.25) is 0 Å². The van der Waals surface area contributed by atoms with E-state index in [1.807, 2.05) is 12.1 Å². The Hall–Kier alpha value is -2.76. The summed E-state index contributed by atoms with van der Waals surface area (Å²) in [7, 11) is 4.48. The molecule has 1 amide bonds. The number of ether oxygens (including phenoxy) is 3. The van der Waals surface area contributed by atoms with E-state index in [0.29, 0.717) is 30.0 Å². The van der Waals surface area contributed by atoms with Crippen LogP contribution in [-0.2, 0) is 11.2 Å². The molecule has 5 nitrogen and oxygen atoms in total. The lowest BCUT2D eigenvalue weighted by Gasteiger charge is -2.37. The predicted octanol–water partition coefficient (Wildman–Crippen LogP) is 3.56. The fourth-order valence-corrected chi connectivity index (χ4v) is 3.30. The SMILES string of the molecule is COC(=O)N1CCc2cc(OC)c(OC)cc2C1c1cccc(F)c1. The normalized spacial score (nSPS) is 16.2. The predicted molar refractivity (Wildman–Crippen MR) is 90.6 cm³/mol. The number of hydrogen-bond acceptors (Lipinski definition) is 4. The second kappa shape index (κ2) is 7.01. The minimum absolute atomic E-state index is 0.352. The molecule has 0 radical (unpaired) electrons. The van der Waals surface area contributed by atoms with Gasteiger partial charge in [-0.25, -0.2) is 9.18 Å². The number of nitrogens with zero attached hydrogens (tertiary/aromatic N) is 1. The zero-order chi connectivity index (χ0) is 18.0. The fraction of sp³-hybridized carbons (Fsp3) is 0.316. The van der Waals surface area contributed by atoms with Crippen LogP contribution in [0.1, 0.15) is 22.7 Å². The van der Waals surface area contributed by atoms with Gasteiger partial charge in [-0.15, -0.1) is 0 Å². The number of carbonyl (C=O) groups is 1. The highest BCUT2D eigenvalue weighted by Gasteiger charge is 2.34. The maximum Gasteiger partial charge on any atom is 0.410 e. The lowest BCUT2D eigenvalue weighted by Crippen LogP contribution is -2.40. The van der Waals surface area contributed by atoms with Gasteiger partial charge in [0, 0.05) is 6.54 Å². The van der Waals surface area contributed by atoms with Crippen LogP contribution in [0.15, 0.2) is 36.4 Å². The smallest absolute Gasteiger partial charge is 0.410 e. The summed E-state index contributed by atoms with van der Waals surface area (Å²) >= 11 is 0. The molecule has 3 rings (SSSR count). The van der Waals surface area contributed by atoms with E-state index in [-0.39, 0.29) is 5.82 Å². The van der Waals surface area contributed by atoms with E-state index in [1.165, 1.54) is 19.2 Å². The molecular formula is C19H20FNO4. The van der Waals surface area contributed by atoms with Crippen LogP contribution in [0.5, 0.6) is 11.5 Å². The van der Waals surface area contributed by atoms with Crippen molar-refractivity contribution in [3.05, 3.63) is 58.9 Å². The summed E-state index contributed by atoms with van der Waals surface area (Å²) in [6.07, 6.45) is 0.200. The van der Waals surface area contributed by atoms with Crippen molar-refractivity contribution in [1.82, 2.24) is 4.90 Å². The van der Waals surface area contributed by atoms with Crippen molar-refractivity contribution in [2.24, 2.45) is 0 Å². The Morgan fingerprint density at radius 3 is 2.48 bits per heavy atom. The van der Waals surface area contributed by atoms with Gasteiger partial charge < -0.3 is 14.2 Å². The van der Waals surface area contributed by atoms with Crippen LogP contribution in [-0.4, -0.2) is 38.9 Å². The van der Waals surface area contributed by atoms with Gasteiger partial charge in [0.1, 0.15) is 5.82 Å². The summed E-state index contributed by atoms with van der Waals surface area (Å²) in [6.45, 7) is 0.469.